The number of rotatable bonds is 5. The lowest BCUT2D eigenvalue weighted by molar-refractivity contribution is 0.553. The van der Waals surface area contributed by atoms with Crippen molar-refractivity contribution in [3.05, 3.63) is 35.4 Å². The lowest BCUT2D eigenvalue weighted by Crippen LogP contribution is -2.18. The molecule has 2 atom stereocenters. The molecular weight excluding hydrogens is 208 g/mol. The van der Waals surface area contributed by atoms with Crippen LogP contribution in [0, 0.1) is 17.6 Å². The molecule has 0 heterocycles. The summed E-state index contributed by atoms with van der Waals surface area (Å²) in [6.07, 6.45) is 3.59. The molecule has 0 spiro atoms. The maximum atomic E-state index is 13.3. The minimum Gasteiger partial charge on any atom is -0.310 e. The molecule has 0 aliphatic heterocycles. The van der Waals surface area contributed by atoms with Crippen molar-refractivity contribution >= 4 is 0 Å². The van der Waals surface area contributed by atoms with Gasteiger partial charge in [-0.15, -0.1) is 0 Å². The highest BCUT2D eigenvalue weighted by Crippen LogP contribution is 2.34. The van der Waals surface area contributed by atoms with Gasteiger partial charge in [-0.2, -0.15) is 0 Å². The number of nitrogens with one attached hydrogen (secondary N) is 1. The third kappa shape index (κ3) is 2.79. The molecule has 1 fully saturated rings. The van der Waals surface area contributed by atoms with Gasteiger partial charge in [0.1, 0.15) is 11.6 Å². The van der Waals surface area contributed by atoms with Crippen molar-refractivity contribution in [2.24, 2.45) is 5.92 Å². The monoisotopic (exact) mass is 225 g/mol. The van der Waals surface area contributed by atoms with Crippen LogP contribution < -0.4 is 5.32 Å². The molecule has 1 aromatic carbocycles. The van der Waals surface area contributed by atoms with E-state index in [1.165, 1.54) is 31.4 Å². The van der Waals surface area contributed by atoms with Crippen LogP contribution in [-0.2, 0) is 6.54 Å². The Bertz CT molecular complexity index is 365. The maximum Gasteiger partial charge on any atom is 0.127 e. The molecule has 1 saturated carbocycles. The van der Waals surface area contributed by atoms with Crippen molar-refractivity contribution in [3.8, 4) is 0 Å². The summed E-state index contributed by atoms with van der Waals surface area (Å²) in [6.45, 7) is 2.59. The predicted molar refractivity (Wildman–Crippen MR) is 60.0 cm³/mol. The van der Waals surface area contributed by atoms with E-state index in [1.807, 2.05) is 0 Å². The van der Waals surface area contributed by atoms with Gasteiger partial charge in [0, 0.05) is 18.2 Å². The fourth-order valence-electron chi connectivity index (χ4n) is 2.11. The molecule has 0 aromatic heterocycles. The van der Waals surface area contributed by atoms with E-state index in [-0.39, 0.29) is 11.6 Å². The van der Waals surface area contributed by atoms with Crippen LogP contribution in [-0.4, -0.2) is 6.04 Å². The van der Waals surface area contributed by atoms with Gasteiger partial charge in [-0.25, -0.2) is 8.78 Å². The third-order valence-electron chi connectivity index (χ3n) is 3.14. The van der Waals surface area contributed by atoms with Gasteiger partial charge in [0.2, 0.25) is 0 Å². The Morgan fingerprint density at radius 1 is 1.38 bits per heavy atom. The van der Waals surface area contributed by atoms with Crippen molar-refractivity contribution in [2.75, 3.05) is 0 Å². The van der Waals surface area contributed by atoms with Crippen molar-refractivity contribution in [1.29, 1.82) is 0 Å². The highest BCUT2D eigenvalue weighted by molar-refractivity contribution is 5.18. The fraction of sp³-hybridized carbons (Fsp3) is 0.538. The normalized spacial score (nSPS) is 23.4. The Morgan fingerprint density at radius 3 is 2.94 bits per heavy atom. The van der Waals surface area contributed by atoms with Crippen molar-refractivity contribution < 1.29 is 8.78 Å². The van der Waals surface area contributed by atoms with Gasteiger partial charge in [0.15, 0.2) is 0 Å². The van der Waals surface area contributed by atoms with Crippen LogP contribution in [0.3, 0.4) is 0 Å². The Kier molecular flexibility index (Phi) is 3.54. The molecule has 1 aliphatic rings. The largest absolute Gasteiger partial charge is 0.310 e. The molecule has 0 radical (unpaired) electrons. The summed E-state index contributed by atoms with van der Waals surface area (Å²) >= 11 is 0. The van der Waals surface area contributed by atoms with Gasteiger partial charge in [-0.05, 0) is 37.0 Å². The summed E-state index contributed by atoms with van der Waals surface area (Å²) in [4.78, 5) is 0. The zero-order chi connectivity index (χ0) is 11.5. The predicted octanol–water partition coefficient (Wildman–Crippen LogP) is 3.24. The van der Waals surface area contributed by atoms with Crippen molar-refractivity contribution in [2.45, 2.75) is 38.8 Å². The van der Waals surface area contributed by atoms with Gasteiger partial charge in [0.05, 0.1) is 0 Å². The molecule has 1 N–H and O–H groups in total. The quantitative estimate of drug-likeness (QED) is 0.811. The first kappa shape index (κ1) is 11.5. The summed E-state index contributed by atoms with van der Waals surface area (Å²) in [7, 11) is 0. The number of benzene rings is 1. The molecule has 0 saturated heterocycles. The molecule has 88 valence electrons. The van der Waals surface area contributed by atoms with E-state index in [9.17, 15) is 8.78 Å². The molecule has 3 heteroatoms. The molecule has 1 aliphatic carbocycles. The van der Waals surface area contributed by atoms with Crippen LogP contribution in [0.2, 0.25) is 0 Å². The third-order valence-corrected chi connectivity index (χ3v) is 3.14. The van der Waals surface area contributed by atoms with Gasteiger partial charge in [-0.3, -0.25) is 0 Å². The summed E-state index contributed by atoms with van der Waals surface area (Å²) in [5, 5.41) is 3.27. The zero-order valence-corrected chi connectivity index (χ0v) is 9.47. The Balaban J connectivity index is 1.84. The van der Waals surface area contributed by atoms with Crippen LogP contribution >= 0.6 is 0 Å². The van der Waals surface area contributed by atoms with Crippen molar-refractivity contribution in [1.82, 2.24) is 5.32 Å². The highest BCUT2D eigenvalue weighted by Gasteiger charge is 2.35. The smallest absolute Gasteiger partial charge is 0.127 e. The number of halogens is 2. The molecular formula is C13H17F2N. The van der Waals surface area contributed by atoms with Gasteiger partial charge < -0.3 is 5.32 Å². The first-order valence-corrected chi connectivity index (χ1v) is 5.88. The standard InChI is InChI=1S/C13H17F2N/c1-2-3-9-7-13(9)16-8-10-6-11(14)4-5-12(10)15/h4-6,9,13,16H,2-3,7-8H2,1H3. The van der Waals surface area contributed by atoms with E-state index in [4.69, 9.17) is 0 Å². The summed E-state index contributed by atoms with van der Waals surface area (Å²) < 4.78 is 26.2. The molecule has 2 rings (SSSR count). The Hall–Kier alpha value is -0.960. The second-order valence-electron chi connectivity index (χ2n) is 4.51. The summed E-state index contributed by atoms with van der Waals surface area (Å²) in [6, 6.07) is 4.10. The SMILES string of the molecule is CCCC1CC1NCc1cc(F)ccc1F. The van der Waals surface area contributed by atoms with Crippen LogP contribution in [0.1, 0.15) is 31.7 Å². The molecule has 0 amide bonds. The van der Waals surface area contributed by atoms with E-state index in [0.29, 0.717) is 18.2 Å². The van der Waals surface area contributed by atoms with E-state index >= 15 is 0 Å². The van der Waals surface area contributed by atoms with Gasteiger partial charge in [0.25, 0.3) is 0 Å². The lowest BCUT2D eigenvalue weighted by Gasteiger charge is -2.05. The van der Waals surface area contributed by atoms with Crippen molar-refractivity contribution in [3.63, 3.8) is 0 Å². The van der Waals surface area contributed by atoms with E-state index in [2.05, 4.69) is 12.2 Å². The Labute approximate surface area is 94.9 Å². The van der Waals surface area contributed by atoms with E-state index < -0.39 is 0 Å². The molecule has 0 bridgehead atoms. The fourth-order valence-corrected chi connectivity index (χ4v) is 2.11. The minimum atomic E-state index is -0.376. The summed E-state index contributed by atoms with van der Waals surface area (Å²) in [5.41, 5.74) is 0.419. The first-order chi connectivity index (χ1) is 7.70. The van der Waals surface area contributed by atoms with Crippen LogP contribution in [0.25, 0.3) is 0 Å². The average Bonchev–Trinajstić information content (AvgIpc) is 2.99. The molecule has 2 unspecified atom stereocenters. The van der Waals surface area contributed by atoms with Crippen LogP contribution in [0.4, 0.5) is 8.78 Å². The molecule has 1 nitrogen and oxygen atoms in total. The van der Waals surface area contributed by atoms with Crippen LogP contribution in [0.5, 0.6) is 0 Å². The topological polar surface area (TPSA) is 12.0 Å². The molecule has 1 aromatic rings. The second-order valence-corrected chi connectivity index (χ2v) is 4.51. The zero-order valence-electron chi connectivity index (χ0n) is 9.47. The van der Waals surface area contributed by atoms with E-state index in [0.717, 1.165) is 12.0 Å². The average molecular weight is 225 g/mol. The highest BCUT2D eigenvalue weighted by atomic mass is 19.1. The minimum absolute atomic E-state index is 0.332. The maximum absolute atomic E-state index is 13.3. The second kappa shape index (κ2) is 4.91. The number of hydrogen-bond acceptors (Lipinski definition) is 1. The van der Waals surface area contributed by atoms with E-state index in [1.54, 1.807) is 0 Å². The number of hydrogen-bond donors (Lipinski definition) is 1. The van der Waals surface area contributed by atoms with Gasteiger partial charge >= 0.3 is 0 Å². The molecule has 16 heavy (non-hydrogen) atoms. The lowest BCUT2D eigenvalue weighted by atomic mass is 10.2. The van der Waals surface area contributed by atoms with Gasteiger partial charge in [-0.1, -0.05) is 13.3 Å². The first-order valence-electron chi connectivity index (χ1n) is 5.88. The Morgan fingerprint density at radius 2 is 2.19 bits per heavy atom. The summed E-state index contributed by atoms with van der Waals surface area (Å²) in [5.74, 6) is 0.0299. The van der Waals surface area contributed by atoms with Crippen LogP contribution in [0.15, 0.2) is 18.2 Å².